The lowest BCUT2D eigenvalue weighted by atomic mass is 9.74. The lowest BCUT2D eigenvalue weighted by Crippen LogP contribution is -2.21. The third kappa shape index (κ3) is 4.26. The zero-order chi connectivity index (χ0) is 16.6. The van der Waals surface area contributed by atoms with Crippen LogP contribution in [-0.2, 0) is 27.7 Å². The highest BCUT2D eigenvalue weighted by molar-refractivity contribution is 7.54. The number of rotatable bonds is 1. The minimum absolute atomic E-state index is 0.0458. The van der Waals surface area contributed by atoms with Crippen LogP contribution < -0.4 is 0 Å². The normalized spacial score (nSPS) is 13.2. The summed E-state index contributed by atoms with van der Waals surface area (Å²) in [5.74, 6) is 0. The van der Waals surface area contributed by atoms with Crippen LogP contribution in [0.5, 0.6) is 0 Å². The van der Waals surface area contributed by atoms with Gasteiger partial charge >= 0.3 is 0 Å². The molecular weight excluding hydrogens is 278 g/mol. The highest BCUT2D eigenvalue weighted by Crippen LogP contribution is 2.42. The highest BCUT2D eigenvalue weighted by Gasteiger charge is 2.29. The van der Waals surface area contributed by atoms with E-state index in [1.807, 2.05) is 0 Å². The number of hydrogen-bond acceptors (Lipinski definition) is 2. The fourth-order valence-corrected chi connectivity index (χ4v) is 2.62. The Labute approximate surface area is 133 Å². The molecule has 0 radical (unpaired) electrons. The van der Waals surface area contributed by atoms with Crippen LogP contribution in [0.25, 0.3) is 0 Å². The van der Waals surface area contributed by atoms with Gasteiger partial charge in [-0.25, -0.2) is 0 Å². The maximum atomic E-state index is 11.1. The molecule has 0 N–H and O–H groups in total. The smallest absolute Gasteiger partial charge is 0.191 e. The van der Waals surface area contributed by atoms with Gasteiger partial charge in [0, 0.05) is 0 Å². The van der Waals surface area contributed by atoms with Crippen molar-refractivity contribution >= 4 is 17.2 Å². The summed E-state index contributed by atoms with van der Waals surface area (Å²) < 4.78 is 15.3. The van der Waals surface area contributed by atoms with Gasteiger partial charge in [0.05, 0.1) is 5.69 Å². The molecule has 0 unspecified atom stereocenters. The van der Waals surface area contributed by atoms with Gasteiger partial charge in [0.15, 0.2) is 0 Å². The van der Waals surface area contributed by atoms with Crippen molar-refractivity contribution in [3.8, 4) is 0 Å². The van der Waals surface area contributed by atoms with Crippen LogP contribution in [0, 0.1) is 0 Å². The molecule has 2 nitrogen and oxygen atoms in total. The summed E-state index contributed by atoms with van der Waals surface area (Å²) >= 11 is 0.304. The first kappa shape index (κ1) is 18.1. The minimum atomic E-state index is -0.0458. The van der Waals surface area contributed by atoms with Gasteiger partial charge in [0.2, 0.25) is 11.5 Å². The Balaban J connectivity index is 3.88. The first-order valence-corrected chi connectivity index (χ1v) is 8.18. The average Bonchev–Trinajstić information content (AvgIpc) is 2.24. The van der Waals surface area contributed by atoms with Gasteiger partial charge in [-0.15, -0.1) is 0 Å². The Hall–Kier alpha value is -0.960. The van der Waals surface area contributed by atoms with Gasteiger partial charge in [-0.1, -0.05) is 74.4 Å². The lowest BCUT2D eigenvalue weighted by Gasteiger charge is -2.31. The van der Waals surface area contributed by atoms with Crippen LogP contribution in [0.2, 0.25) is 0 Å². The van der Waals surface area contributed by atoms with E-state index in [0.717, 1.165) is 16.8 Å². The molecule has 118 valence electrons. The first-order valence-electron chi connectivity index (χ1n) is 7.48. The van der Waals surface area contributed by atoms with Gasteiger partial charge in [0.25, 0.3) is 0 Å². The molecular formula is C18H29NOS. The molecule has 0 aliphatic carbocycles. The van der Waals surface area contributed by atoms with Crippen LogP contribution in [0.3, 0.4) is 0 Å². The summed E-state index contributed by atoms with van der Waals surface area (Å²) in [6.07, 6.45) is 0. The fraction of sp³-hybridized carbons (Fsp3) is 0.667. The summed E-state index contributed by atoms with van der Waals surface area (Å²) in [7, 11) is 0. The molecule has 1 rings (SSSR count). The maximum absolute atomic E-state index is 11.1. The zero-order valence-corrected chi connectivity index (χ0v) is 15.7. The largest absolute Gasteiger partial charge is 0.205 e. The second-order valence-corrected chi connectivity index (χ2v) is 9.17. The van der Waals surface area contributed by atoms with E-state index in [0.29, 0.717) is 11.5 Å². The Morgan fingerprint density at radius 1 is 0.762 bits per heavy atom. The van der Waals surface area contributed by atoms with E-state index in [1.54, 1.807) is 0 Å². The van der Waals surface area contributed by atoms with E-state index < -0.39 is 0 Å². The van der Waals surface area contributed by atoms with E-state index >= 15 is 0 Å². The minimum Gasteiger partial charge on any atom is -0.191 e. The first-order chi connectivity index (χ1) is 9.28. The fourth-order valence-electron chi connectivity index (χ4n) is 2.35. The molecule has 0 heterocycles. The summed E-state index contributed by atoms with van der Waals surface area (Å²) in [5.41, 5.74) is 4.45. The maximum Gasteiger partial charge on any atom is 0.205 e. The molecule has 0 atom stereocenters. The second kappa shape index (κ2) is 5.68. The molecule has 0 fully saturated rings. The summed E-state index contributed by atoms with van der Waals surface area (Å²) in [6, 6.07) is 4.45. The number of hydrogen-bond donors (Lipinski definition) is 0. The van der Waals surface area contributed by atoms with Gasteiger partial charge < -0.3 is 0 Å². The number of nitrogens with zero attached hydrogens (tertiary/aromatic N) is 1. The zero-order valence-electron chi connectivity index (χ0n) is 14.9. The van der Waals surface area contributed by atoms with Gasteiger partial charge in [-0.2, -0.15) is 8.57 Å². The van der Waals surface area contributed by atoms with Crippen LogP contribution in [-0.4, -0.2) is 4.21 Å². The van der Waals surface area contributed by atoms with Crippen molar-refractivity contribution < 1.29 is 4.21 Å². The summed E-state index contributed by atoms with van der Waals surface area (Å²) in [4.78, 5) is 0. The molecule has 0 spiro atoms. The van der Waals surface area contributed by atoms with E-state index in [-0.39, 0.29) is 16.2 Å². The van der Waals surface area contributed by atoms with E-state index in [2.05, 4.69) is 78.8 Å². The van der Waals surface area contributed by atoms with Crippen molar-refractivity contribution in [3.63, 3.8) is 0 Å². The van der Waals surface area contributed by atoms with E-state index in [1.165, 1.54) is 5.56 Å². The summed E-state index contributed by atoms with van der Waals surface area (Å²) in [5, 5.41) is 0. The van der Waals surface area contributed by atoms with Crippen LogP contribution in [0.15, 0.2) is 16.5 Å². The lowest BCUT2D eigenvalue weighted by molar-refractivity contribution is 0.550. The van der Waals surface area contributed by atoms with Crippen molar-refractivity contribution in [2.24, 2.45) is 4.36 Å². The monoisotopic (exact) mass is 307 g/mol. The molecule has 3 heteroatoms. The molecule has 0 aliphatic rings. The van der Waals surface area contributed by atoms with Crippen molar-refractivity contribution in [2.45, 2.75) is 78.6 Å². The third-order valence-corrected chi connectivity index (χ3v) is 3.98. The predicted octanol–water partition coefficient (Wildman–Crippen LogP) is 5.61. The topological polar surface area (TPSA) is 29.4 Å². The molecule has 0 aromatic heterocycles. The molecule has 0 amide bonds. The SMILES string of the molecule is CC(C)(C)c1cc(C(C)(C)C)c(N=S=O)c(C(C)(C)C)c1. The van der Waals surface area contributed by atoms with Crippen LogP contribution in [0.1, 0.15) is 79.0 Å². The highest BCUT2D eigenvalue weighted by atomic mass is 32.1. The summed E-state index contributed by atoms with van der Waals surface area (Å²) in [6.45, 7) is 19.7. The van der Waals surface area contributed by atoms with Crippen molar-refractivity contribution in [2.75, 3.05) is 0 Å². The van der Waals surface area contributed by atoms with Gasteiger partial charge in [-0.3, -0.25) is 0 Å². The standard InChI is InChI=1S/C18H29NOS/c1-16(2,3)12-10-13(17(4,5)6)15(19-21-20)14(11-12)18(7,8)9/h10-11H,1-9H3. The van der Waals surface area contributed by atoms with Gasteiger partial charge in [0.1, 0.15) is 0 Å². The van der Waals surface area contributed by atoms with Crippen molar-refractivity contribution in [1.29, 1.82) is 0 Å². The number of benzene rings is 1. The molecule has 1 aromatic carbocycles. The van der Waals surface area contributed by atoms with Crippen LogP contribution in [0.4, 0.5) is 5.69 Å². The Morgan fingerprint density at radius 3 is 1.38 bits per heavy atom. The van der Waals surface area contributed by atoms with Crippen molar-refractivity contribution in [1.82, 2.24) is 0 Å². The quantitative estimate of drug-likeness (QED) is 0.663. The van der Waals surface area contributed by atoms with Crippen LogP contribution >= 0.6 is 0 Å². The molecule has 0 saturated heterocycles. The third-order valence-electron chi connectivity index (χ3n) is 3.72. The Kier molecular flexibility index (Phi) is 4.89. The Morgan fingerprint density at radius 2 is 1.14 bits per heavy atom. The molecule has 0 aliphatic heterocycles. The van der Waals surface area contributed by atoms with E-state index in [9.17, 15) is 4.21 Å². The van der Waals surface area contributed by atoms with Crippen molar-refractivity contribution in [3.05, 3.63) is 28.8 Å². The second-order valence-electron chi connectivity index (χ2n) is 8.84. The molecule has 21 heavy (non-hydrogen) atoms. The average molecular weight is 308 g/mol. The molecule has 0 saturated carbocycles. The molecule has 1 aromatic rings. The van der Waals surface area contributed by atoms with E-state index in [4.69, 9.17) is 0 Å². The predicted molar refractivity (Wildman–Crippen MR) is 92.8 cm³/mol. The Bertz CT molecular complexity index is 542. The molecule has 0 bridgehead atoms. The van der Waals surface area contributed by atoms with Gasteiger partial charge in [-0.05, 0) is 32.9 Å².